The van der Waals surface area contributed by atoms with Crippen LogP contribution in [0, 0.1) is 0 Å². The second-order valence-corrected chi connectivity index (χ2v) is 3.53. The van der Waals surface area contributed by atoms with Crippen molar-refractivity contribution in [2.45, 2.75) is 13.5 Å². The molecule has 2 N–H and O–H groups in total. The maximum atomic E-state index is 5.55. The first kappa shape index (κ1) is 11.5. The van der Waals surface area contributed by atoms with E-state index in [0.29, 0.717) is 19.0 Å². The first-order valence-electron chi connectivity index (χ1n) is 5.58. The Kier molecular flexibility index (Phi) is 3.67. The maximum absolute atomic E-state index is 5.55. The fourth-order valence-electron chi connectivity index (χ4n) is 1.52. The van der Waals surface area contributed by atoms with Crippen LogP contribution in [-0.4, -0.2) is 16.6 Å². The maximum Gasteiger partial charge on any atom is 0.159 e. The van der Waals surface area contributed by atoms with Gasteiger partial charge in [-0.2, -0.15) is 0 Å². The van der Waals surface area contributed by atoms with Gasteiger partial charge in [0.2, 0.25) is 0 Å². The molecule has 4 heteroatoms. The molecule has 0 bridgehead atoms. The number of nitrogens with zero attached hydrogens (tertiary/aromatic N) is 2. The third kappa shape index (κ3) is 2.79. The Morgan fingerprint density at radius 2 is 1.94 bits per heavy atom. The van der Waals surface area contributed by atoms with Crippen molar-refractivity contribution in [2.24, 2.45) is 5.73 Å². The van der Waals surface area contributed by atoms with Gasteiger partial charge in [0.25, 0.3) is 0 Å². The van der Waals surface area contributed by atoms with E-state index in [9.17, 15) is 0 Å². The first-order valence-corrected chi connectivity index (χ1v) is 5.58. The molecule has 17 heavy (non-hydrogen) atoms. The molecule has 4 nitrogen and oxygen atoms in total. The summed E-state index contributed by atoms with van der Waals surface area (Å²) >= 11 is 0. The molecular weight excluding hydrogens is 214 g/mol. The summed E-state index contributed by atoms with van der Waals surface area (Å²) in [6.07, 6.45) is 1.72. The summed E-state index contributed by atoms with van der Waals surface area (Å²) in [4.78, 5) is 8.59. The van der Waals surface area contributed by atoms with Gasteiger partial charge in [0.1, 0.15) is 5.75 Å². The molecule has 0 amide bonds. The summed E-state index contributed by atoms with van der Waals surface area (Å²) in [6, 6.07) is 9.54. The lowest BCUT2D eigenvalue weighted by molar-refractivity contribution is 0.340. The number of aromatic nitrogens is 2. The molecule has 1 aromatic carbocycles. The van der Waals surface area contributed by atoms with E-state index in [2.05, 4.69) is 9.97 Å². The lowest BCUT2D eigenvalue weighted by Gasteiger charge is -2.05. The fourth-order valence-corrected chi connectivity index (χ4v) is 1.52. The molecule has 88 valence electrons. The fraction of sp³-hybridized carbons (Fsp3) is 0.231. The number of hydrogen-bond acceptors (Lipinski definition) is 4. The van der Waals surface area contributed by atoms with Crippen LogP contribution in [0.4, 0.5) is 0 Å². The second-order valence-electron chi connectivity index (χ2n) is 3.53. The molecule has 2 rings (SSSR count). The summed E-state index contributed by atoms with van der Waals surface area (Å²) in [5.41, 5.74) is 7.35. The number of hydrogen-bond donors (Lipinski definition) is 1. The van der Waals surface area contributed by atoms with Crippen LogP contribution in [0.2, 0.25) is 0 Å². The summed E-state index contributed by atoms with van der Waals surface area (Å²) < 4.78 is 5.38. The molecule has 0 radical (unpaired) electrons. The van der Waals surface area contributed by atoms with Gasteiger partial charge in [-0.25, -0.2) is 9.97 Å². The van der Waals surface area contributed by atoms with E-state index in [0.717, 1.165) is 17.0 Å². The lowest BCUT2D eigenvalue weighted by Crippen LogP contribution is -2.01. The average molecular weight is 229 g/mol. The zero-order chi connectivity index (χ0) is 12.1. The predicted molar refractivity (Wildman–Crippen MR) is 66.5 cm³/mol. The molecule has 0 aliphatic carbocycles. The molecular formula is C13H15N3O. The van der Waals surface area contributed by atoms with Crippen molar-refractivity contribution in [1.29, 1.82) is 0 Å². The van der Waals surface area contributed by atoms with Crippen LogP contribution in [0.1, 0.15) is 12.6 Å². The van der Waals surface area contributed by atoms with Gasteiger partial charge in [0.05, 0.1) is 12.3 Å². The summed E-state index contributed by atoms with van der Waals surface area (Å²) in [7, 11) is 0. The molecule has 0 fully saturated rings. The van der Waals surface area contributed by atoms with Gasteiger partial charge in [0, 0.05) is 18.3 Å². The highest BCUT2D eigenvalue weighted by Crippen LogP contribution is 2.19. The summed E-state index contributed by atoms with van der Waals surface area (Å²) in [6.45, 7) is 3.05. The molecule has 0 atom stereocenters. The smallest absolute Gasteiger partial charge is 0.159 e. The highest BCUT2D eigenvalue weighted by Gasteiger charge is 2.02. The minimum Gasteiger partial charge on any atom is -0.494 e. The van der Waals surface area contributed by atoms with Gasteiger partial charge < -0.3 is 10.5 Å². The SMILES string of the molecule is CCOc1ccc(-c2nccc(CN)n2)cc1. The van der Waals surface area contributed by atoms with Crippen LogP contribution >= 0.6 is 0 Å². The largest absolute Gasteiger partial charge is 0.494 e. The van der Waals surface area contributed by atoms with Crippen molar-refractivity contribution in [3.05, 3.63) is 42.2 Å². The Morgan fingerprint density at radius 3 is 2.59 bits per heavy atom. The number of rotatable bonds is 4. The van der Waals surface area contributed by atoms with Crippen molar-refractivity contribution < 1.29 is 4.74 Å². The molecule has 0 unspecified atom stereocenters. The van der Waals surface area contributed by atoms with Gasteiger partial charge in [-0.1, -0.05) is 0 Å². The van der Waals surface area contributed by atoms with E-state index in [1.807, 2.05) is 37.3 Å². The Bertz CT molecular complexity index is 482. The zero-order valence-corrected chi connectivity index (χ0v) is 9.76. The number of ether oxygens (including phenoxy) is 1. The molecule has 0 aliphatic heterocycles. The highest BCUT2D eigenvalue weighted by atomic mass is 16.5. The van der Waals surface area contributed by atoms with Crippen LogP contribution < -0.4 is 10.5 Å². The number of nitrogens with two attached hydrogens (primary N) is 1. The molecule has 0 spiro atoms. The third-order valence-electron chi connectivity index (χ3n) is 2.35. The van der Waals surface area contributed by atoms with Gasteiger partial charge in [0.15, 0.2) is 5.82 Å². The first-order chi connectivity index (χ1) is 8.33. The van der Waals surface area contributed by atoms with Gasteiger partial charge in [-0.3, -0.25) is 0 Å². The van der Waals surface area contributed by atoms with Crippen LogP contribution in [-0.2, 0) is 6.54 Å². The minimum atomic E-state index is 0.423. The topological polar surface area (TPSA) is 61.0 Å². The molecule has 0 saturated carbocycles. The Hall–Kier alpha value is -1.94. The summed E-state index contributed by atoms with van der Waals surface area (Å²) in [5, 5.41) is 0. The Labute approximate surface area is 100 Å². The van der Waals surface area contributed by atoms with Gasteiger partial charge in [-0.05, 0) is 37.3 Å². The molecule has 0 saturated heterocycles. The van der Waals surface area contributed by atoms with E-state index < -0.39 is 0 Å². The van der Waals surface area contributed by atoms with Gasteiger partial charge in [-0.15, -0.1) is 0 Å². The van der Waals surface area contributed by atoms with Gasteiger partial charge >= 0.3 is 0 Å². The molecule has 0 aliphatic rings. The zero-order valence-electron chi connectivity index (χ0n) is 9.76. The normalized spacial score (nSPS) is 10.2. The third-order valence-corrected chi connectivity index (χ3v) is 2.35. The van der Waals surface area contributed by atoms with E-state index in [4.69, 9.17) is 10.5 Å². The molecule has 1 aromatic heterocycles. The average Bonchev–Trinajstić information content (AvgIpc) is 2.40. The second kappa shape index (κ2) is 5.41. The van der Waals surface area contributed by atoms with Crippen molar-refractivity contribution in [2.75, 3.05) is 6.61 Å². The Balaban J connectivity index is 2.26. The predicted octanol–water partition coefficient (Wildman–Crippen LogP) is 2.00. The monoisotopic (exact) mass is 229 g/mol. The summed E-state index contributed by atoms with van der Waals surface area (Å²) in [5.74, 6) is 1.54. The van der Waals surface area contributed by atoms with Crippen LogP contribution in [0.15, 0.2) is 36.5 Å². The van der Waals surface area contributed by atoms with E-state index in [-0.39, 0.29) is 0 Å². The van der Waals surface area contributed by atoms with Crippen molar-refractivity contribution >= 4 is 0 Å². The Morgan fingerprint density at radius 1 is 1.18 bits per heavy atom. The van der Waals surface area contributed by atoms with Crippen molar-refractivity contribution in [3.8, 4) is 17.1 Å². The van der Waals surface area contributed by atoms with E-state index in [1.165, 1.54) is 0 Å². The van der Waals surface area contributed by atoms with Crippen molar-refractivity contribution in [1.82, 2.24) is 9.97 Å². The minimum absolute atomic E-state index is 0.423. The van der Waals surface area contributed by atoms with Crippen molar-refractivity contribution in [3.63, 3.8) is 0 Å². The van der Waals surface area contributed by atoms with E-state index >= 15 is 0 Å². The molecule has 2 aromatic rings. The molecule has 1 heterocycles. The standard InChI is InChI=1S/C13H15N3O/c1-2-17-12-5-3-10(4-6-12)13-15-8-7-11(9-14)16-13/h3-8H,2,9,14H2,1H3. The lowest BCUT2D eigenvalue weighted by atomic mass is 10.2. The van der Waals surface area contributed by atoms with E-state index in [1.54, 1.807) is 6.20 Å². The van der Waals surface area contributed by atoms with Crippen LogP contribution in [0.25, 0.3) is 11.4 Å². The number of benzene rings is 1. The highest BCUT2D eigenvalue weighted by molar-refractivity contribution is 5.56. The van der Waals surface area contributed by atoms with Crippen LogP contribution in [0.5, 0.6) is 5.75 Å². The van der Waals surface area contributed by atoms with Crippen LogP contribution in [0.3, 0.4) is 0 Å². The quantitative estimate of drug-likeness (QED) is 0.871.